The average molecular weight is 327 g/mol. The summed E-state index contributed by atoms with van der Waals surface area (Å²) < 4.78 is 6.75. The third-order valence-electron chi connectivity index (χ3n) is 3.36. The SMILES string of the molecule is COCCn1ccc(NC(=O)c2sccc2-c2ccccc2)n1. The number of carbonyl (C=O) groups excluding carboxylic acids is 1. The number of carbonyl (C=O) groups is 1. The number of aromatic nitrogens is 2. The van der Waals surface area contributed by atoms with E-state index in [1.54, 1.807) is 17.9 Å². The fourth-order valence-electron chi connectivity index (χ4n) is 2.24. The van der Waals surface area contributed by atoms with Gasteiger partial charge in [0.15, 0.2) is 5.82 Å². The maximum absolute atomic E-state index is 12.5. The standard InChI is InChI=1S/C17H17N3O2S/c1-22-11-10-20-9-7-15(19-20)18-17(21)16-14(8-12-23-16)13-5-3-2-4-6-13/h2-9,12H,10-11H2,1H3,(H,18,19,21). The Hall–Kier alpha value is -2.44. The minimum absolute atomic E-state index is 0.143. The van der Waals surface area contributed by atoms with Gasteiger partial charge in [-0.2, -0.15) is 5.10 Å². The Morgan fingerprint density at radius 3 is 2.87 bits per heavy atom. The number of rotatable bonds is 6. The molecule has 0 spiro atoms. The van der Waals surface area contributed by atoms with Gasteiger partial charge in [0, 0.05) is 24.9 Å². The molecule has 0 aliphatic carbocycles. The summed E-state index contributed by atoms with van der Waals surface area (Å²) in [4.78, 5) is 13.2. The summed E-state index contributed by atoms with van der Waals surface area (Å²) in [5.74, 6) is 0.398. The molecule has 2 aromatic heterocycles. The molecule has 1 N–H and O–H groups in total. The molecule has 0 atom stereocenters. The number of hydrogen-bond donors (Lipinski definition) is 1. The number of anilines is 1. The van der Waals surface area contributed by atoms with Crippen molar-refractivity contribution in [3.8, 4) is 11.1 Å². The van der Waals surface area contributed by atoms with E-state index in [2.05, 4.69) is 10.4 Å². The number of ether oxygens (including phenoxy) is 1. The minimum atomic E-state index is -0.143. The third-order valence-corrected chi connectivity index (χ3v) is 4.28. The van der Waals surface area contributed by atoms with Crippen LogP contribution < -0.4 is 5.32 Å². The summed E-state index contributed by atoms with van der Waals surface area (Å²) >= 11 is 1.43. The van der Waals surface area contributed by atoms with Gasteiger partial charge >= 0.3 is 0 Å². The molecule has 23 heavy (non-hydrogen) atoms. The molecule has 1 aromatic carbocycles. The molecule has 0 bridgehead atoms. The first kappa shape index (κ1) is 15.5. The van der Waals surface area contributed by atoms with Gasteiger partial charge in [-0.05, 0) is 17.0 Å². The van der Waals surface area contributed by atoms with Crippen molar-refractivity contribution in [1.82, 2.24) is 9.78 Å². The fourth-order valence-corrected chi connectivity index (χ4v) is 3.05. The Morgan fingerprint density at radius 2 is 2.09 bits per heavy atom. The first-order chi connectivity index (χ1) is 11.3. The van der Waals surface area contributed by atoms with Crippen LogP contribution in [0, 0.1) is 0 Å². The highest BCUT2D eigenvalue weighted by Crippen LogP contribution is 2.28. The van der Waals surface area contributed by atoms with Gasteiger partial charge in [0.25, 0.3) is 5.91 Å². The summed E-state index contributed by atoms with van der Waals surface area (Å²) in [5, 5.41) is 9.08. The van der Waals surface area contributed by atoms with Gasteiger partial charge in [-0.15, -0.1) is 11.3 Å². The summed E-state index contributed by atoms with van der Waals surface area (Å²) in [7, 11) is 1.65. The van der Waals surface area contributed by atoms with Gasteiger partial charge < -0.3 is 10.1 Å². The summed E-state index contributed by atoms with van der Waals surface area (Å²) in [5.41, 5.74) is 1.97. The monoisotopic (exact) mass is 327 g/mol. The number of thiophene rings is 1. The van der Waals surface area contributed by atoms with Crippen molar-refractivity contribution >= 4 is 23.1 Å². The molecule has 0 aliphatic heterocycles. The lowest BCUT2D eigenvalue weighted by atomic mass is 10.1. The number of benzene rings is 1. The Kier molecular flexibility index (Phi) is 4.85. The normalized spacial score (nSPS) is 10.7. The fraction of sp³-hybridized carbons (Fsp3) is 0.176. The lowest BCUT2D eigenvalue weighted by Crippen LogP contribution is -2.12. The molecule has 0 saturated heterocycles. The van der Waals surface area contributed by atoms with Crippen LogP contribution in [0.15, 0.2) is 54.0 Å². The van der Waals surface area contributed by atoms with Crippen molar-refractivity contribution in [1.29, 1.82) is 0 Å². The average Bonchev–Trinajstić information content (AvgIpc) is 3.23. The maximum Gasteiger partial charge on any atom is 0.267 e. The summed E-state index contributed by atoms with van der Waals surface area (Å²) in [6.45, 7) is 1.23. The topological polar surface area (TPSA) is 56.1 Å². The van der Waals surface area contributed by atoms with E-state index < -0.39 is 0 Å². The summed E-state index contributed by atoms with van der Waals surface area (Å²) in [6, 6.07) is 13.6. The van der Waals surface area contributed by atoms with Crippen molar-refractivity contribution in [2.75, 3.05) is 19.0 Å². The van der Waals surface area contributed by atoms with E-state index in [0.717, 1.165) is 11.1 Å². The molecule has 118 valence electrons. The van der Waals surface area contributed by atoms with E-state index in [1.165, 1.54) is 11.3 Å². The first-order valence-corrected chi connectivity index (χ1v) is 8.12. The Labute approximate surface area is 138 Å². The molecule has 0 fully saturated rings. The molecule has 2 heterocycles. The van der Waals surface area contributed by atoms with Gasteiger partial charge in [0.1, 0.15) is 4.88 Å². The number of amides is 1. The van der Waals surface area contributed by atoms with Gasteiger partial charge in [-0.3, -0.25) is 9.48 Å². The van der Waals surface area contributed by atoms with Crippen LogP contribution in [0.2, 0.25) is 0 Å². The van der Waals surface area contributed by atoms with E-state index in [-0.39, 0.29) is 5.91 Å². The summed E-state index contributed by atoms with van der Waals surface area (Å²) in [6.07, 6.45) is 1.82. The minimum Gasteiger partial charge on any atom is -0.383 e. The molecule has 5 nitrogen and oxygen atoms in total. The Morgan fingerprint density at radius 1 is 1.26 bits per heavy atom. The van der Waals surface area contributed by atoms with E-state index in [9.17, 15) is 4.79 Å². The predicted molar refractivity (Wildman–Crippen MR) is 91.8 cm³/mol. The highest BCUT2D eigenvalue weighted by molar-refractivity contribution is 7.12. The Balaban J connectivity index is 1.74. The van der Waals surface area contributed by atoms with E-state index >= 15 is 0 Å². The van der Waals surface area contributed by atoms with Gasteiger partial charge in [-0.1, -0.05) is 30.3 Å². The molecule has 0 radical (unpaired) electrons. The smallest absolute Gasteiger partial charge is 0.267 e. The number of methoxy groups -OCH3 is 1. The molecule has 1 amide bonds. The van der Waals surface area contributed by atoms with Crippen molar-refractivity contribution in [2.45, 2.75) is 6.54 Å². The molecule has 0 saturated carbocycles. The zero-order chi connectivity index (χ0) is 16.1. The zero-order valence-corrected chi connectivity index (χ0v) is 13.5. The number of nitrogens with zero attached hydrogens (tertiary/aromatic N) is 2. The highest BCUT2D eigenvalue weighted by Gasteiger charge is 2.15. The van der Waals surface area contributed by atoms with Crippen molar-refractivity contribution in [3.63, 3.8) is 0 Å². The quantitative estimate of drug-likeness (QED) is 0.754. The van der Waals surface area contributed by atoms with Crippen LogP contribution in [0.5, 0.6) is 0 Å². The number of nitrogens with one attached hydrogen (secondary N) is 1. The molecule has 3 aromatic rings. The van der Waals surface area contributed by atoms with Crippen LogP contribution in [0.1, 0.15) is 9.67 Å². The van der Waals surface area contributed by atoms with Crippen molar-refractivity contribution in [3.05, 3.63) is 58.9 Å². The van der Waals surface area contributed by atoms with E-state index in [1.807, 2.05) is 48.0 Å². The Bertz CT molecular complexity index is 780. The largest absolute Gasteiger partial charge is 0.383 e. The van der Waals surface area contributed by atoms with Gasteiger partial charge in [-0.25, -0.2) is 0 Å². The van der Waals surface area contributed by atoms with Crippen LogP contribution >= 0.6 is 11.3 Å². The van der Waals surface area contributed by atoms with Crippen LogP contribution in [-0.2, 0) is 11.3 Å². The molecular weight excluding hydrogens is 310 g/mol. The molecule has 0 unspecified atom stereocenters. The molecule has 0 aliphatic rings. The van der Waals surface area contributed by atoms with Crippen LogP contribution in [-0.4, -0.2) is 29.4 Å². The first-order valence-electron chi connectivity index (χ1n) is 7.24. The van der Waals surface area contributed by atoms with Crippen LogP contribution in [0.3, 0.4) is 0 Å². The molecule has 6 heteroatoms. The van der Waals surface area contributed by atoms with E-state index in [4.69, 9.17) is 4.74 Å². The molecular formula is C17H17N3O2S. The van der Waals surface area contributed by atoms with Crippen LogP contribution in [0.25, 0.3) is 11.1 Å². The lowest BCUT2D eigenvalue weighted by molar-refractivity contribution is 0.103. The van der Waals surface area contributed by atoms with Gasteiger partial charge in [0.2, 0.25) is 0 Å². The maximum atomic E-state index is 12.5. The second-order valence-corrected chi connectivity index (χ2v) is 5.86. The van der Waals surface area contributed by atoms with Crippen molar-refractivity contribution in [2.24, 2.45) is 0 Å². The molecule has 3 rings (SSSR count). The lowest BCUT2D eigenvalue weighted by Gasteiger charge is -2.04. The van der Waals surface area contributed by atoms with Crippen LogP contribution in [0.4, 0.5) is 5.82 Å². The second kappa shape index (κ2) is 7.21. The highest BCUT2D eigenvalue weighted by atomic mass is 32.1. The van der Waals surface area contributed by atoms with Crippen molar-refractivity contribution < 1.29 is 9.53 Å². The second-order valence-electron chi connectivity index (χ2n) is 4.94. The zero-order valence-electron chi connectivity index (χ0n) is 12.7. The van der Waals surface area contributed by atoms with E-state index in [0.29, 0.717) is 23.8 Å². The third kappa shape index (κ3) is 3.67. The number of hydrogen-bond acceptors (Lipinski definition) is 4. The van der Waals surface area contributed by atoms with Gasteiger partial charge in [0.05, 0.1) is 13.2 Å². The predicted octanol–water partition coefficient (Wildman–Crippen LogP) is 3.51.